The molecule has 0 heterocycles. The fourth-order valence-corrected chi connectivity index (χ4v) is 0. The van der Waals surface area contributed by atoms with Gasteiger partial charge in [-0.1, -0.05) is 0 Å². The minimum Gasteiger partial charge on any atom is -0.418 e. The zero-order chi connectivity index (χ0) is 9.00. The average Bonchev–Trinajstić information content (AvgIpc) is 1.12. The van der Waals surface area contributed by atoms with Crippen LogP contribution >= 0.6 is 7.26 Å². The molecule has 0 atom stereocenters. The molecule has 0 spiro atoms. The first-order valence-electron chi connectivity index (χ1n) is 2.66. The predicted octanol–water partition coefficient (Wildman–Crippen LogP) is 2.82. The van der Waals surface area contributed by atoms with Gasteiger partial charge in [0, 0.05) is 33.9 Å². The smallest absolute Gasteiger partial charge is 0.418 e. The summed E-state index contributed by atoms with van der Waals surface area (Å²) in [6, 6.07) is 0. The van der Waals surface area contributed by atoms with Crippen LogP contribution in [-0.4, -0.2) is 33.9 Å². The van der Waals surface area contributed by atoms with E-state index in [0.717, 1.165) is 0 Å². The quantitative estimate of drug-likeness (QED) is 0.304. The number of halogens is 4. The van der Waals surface area contributed by atoms with Gasteiger partial charge in [-0.3, -0.25) is 0 Å². The summed E-state index contributed by atoms with van der Waals surface area (Å²) < 4.78 is 39.0. The van der Waals surface area contributed by atoms with Crippen LogP contribution in [-0.2, 0) is 0 Å². The Kier molecular flexibility index (Phi) is 5.36. The van der Waals surface area contributed by atoms with Crippen LogP contribution in [0.3, 0.4) is 0 Å². The molecule has 0 amide bonds. The summed E-state index contributed by atoms with van der Waals surface area (Å²) in [5.74, 6) is 0. The molecule has 0 aliphatic rings. The van der Waals surface area contributed by atoms with Crippen LogP contribution in [0.5, 0.6) is 0 Å². The predicted molar refractivity (Wildman–Crippen MR) is 40.8 cm³/mol. The second-order valence-corrected chi connectivity index (χ2v) is 8.54. The van der Waals surface area contributed by atoms with Crippen molar-refractivity contribution in [2.24, 2.45) is 0 Å². The molecule has 10 heavy (non-hydrogen) atoms. The highest BCUT2D eigenvalue weighted by Crippen LogP contribution is 2.40. The van der Waals surface area contributed by atoms with Crippen LogP contribution in [0.25, 0.3) is 0 Å². The molecule has 0 aromatic heterocycles. The van der Waals surface area contributed by atoms with Crippen molar-refractivity contribution in [1.29, 1.82) is 0 Å². The second kappa shape index (κ2) is 4.17. The van der Waals surface area contributed by atoms with E-state index in [0.29, 0.717) is 0 Å². The Morgan fingerprint density at radius 2 is 0.800 bits per heavy atom. The van der Waals surface area contributed by atoms with E-state index in [-0.39, 0.29) is 7.26 Å². The first-order valence-corrected chi connectivity index (χ1v) is 6.24. The van der Waals surface area contributed by atoms with Crippen molar-refractivity contribution in [3.8, 4) is 0 Å². The monoisotopic (exact) mass is 178 g/mol. The van der Waals surface area contributed by atoms with Crippen LogP contribution in [0.4, 0.5) is 17.3 Å². The van der Waals surface area contributed by atoms with Gasteiger partial charge in [-0.2, -0.15) is 0 Å². The molecule has 0 aromatic carbocycles. The Morgan fingerprint density at radius 1 is 0.800 bits per heavy atom. The molecular weight excluding hydrogens is 166 g/mol. The molecular formula is C4H12BF4P. The van der Waals surface area contributed by atoms with Crippen LogP contribution in [0, 0.1) is 0 Å². The molecule has 0 unspecified atom stereocenters. The summed E-state index contributed by atoms with van der Waals surface area (Å²) in [6.07, 6.45) is 0. The standard InChI is InChI=1S/C4H12P.BF4/c1-5(2,3)4;2-1(3,4)5/h1-4H3;/q+1;-1. The lowest BCUT2D eigenvalue weighted by molar-refractivity contribution is 0.368. The van der Waals surface area contributed by atoms with Gasteiger partial charge in [0.1, 0.15) is 0 Å². The van der Waals surface area contributed by atoms with Crippen molar-refractivity contribution in [3.05, 3.63) is 0 Å². The number of hydrogen-bond donors (Lipinski definition) is 0. The molecule has 0 aliphatic heterocycles. The number of rotatable bonds is 0. The van der Waals surface area contributed by atoms with Crippen molar-refractivity contribution in [3.63, 3.8) is 0 Å². The zero-order valence-corrected chi connectivity index (χ0v) is 7.43. The largest absolute Gasteiger partial charge is 0.673 e. The molecule has 0 saturated heterocycles. The van der Waals surface area contributed by atoms with Crippen LogP contribution in [0.15, 0.2) is 0 Å². The maximum atomic E-state index is 9.75. The van der Waals surface area contributed by atoms with Crippen molar-refractivity contribution in [2.45, 2.75) is 0 Å². The Hall–Kier alpha value is 0.215. The van der Waals surface area contributed by atoms with Crippen molar-refractivity contribution in [1.82, 2.24) is 0 Å². The fraction of sp³-hybridized carbons (Fsp3) is 1.00. The van der Waals surface area contributed by atoms with Gasteiger partial charge < -0.3 is 17.3 Å². The van der Waals surface area contributed by atoms with E-state index in [1.165, 1.54) is 0 Å². The molecule has 0 N–H and O–H groups in total. The average molecular weight is 178 g/mol. The highest BCUT2D eigenvalue weighted by molar-refractivity contribution is 7.72. The SMILES string of the molecule is C[P+](C)(C)C.F[B-](F)(F)F. The summed E-state index contributed by atoms with van der Waals surface area (Å²) in [6.45, 7) is 9.19. The Bertz CT molecular complexity index is 60.2. The van der Waals surface area contributed by atoms with Gasteiger partial charge in [0.2, 0.25) is 0 Å². The first kappa shape index (κ1) is 12.9. The van der Waals surface area contributed by atoms with E-state index in [1.807, 2.05) is 0 Å². The molecule has 0 rings (SSSR count). The molecule has 0 saturated carbocycles. The minimum absolute atomic E-state index is 0.389. The zero-order valence-electron chi connectivity index (χ0n) is 6.54. The van der Waals surface area contributed by atoms with E-state index in [2.05, 4.69) is 26.7 Å². The summed E-state index contributed by atoms with van der Waals surface area (Å²) in [5, 5.41) is 0. The van der Waals surface area contributed by atoms with E-state index in [4.69, 9.17) is 0 Å². The Balaban J connectivity index is 0. The van der Waals surface area contributed by atoms with E-state index in [1.54, 1.807) is 0 Å². The van der Waals surface area contributed by atoms with Gasteiger partial charge in [0.15, 0.2) is 0 Å². The lowest BCUT2D eigenvalue weighted by Gasteiger charge is -1.97. The molecule has 0 fully saturated rings. The van der Waals surface area contributed by atoms with Gasteiger partial charge in [-0.05, 0) is 0 Å². The summed E-state index contributed by atoms with van der Waals surface area (Å²) in [4.78, 5) is 0. The van der Waals surface area contributed by atoms with Gasteiger partial charge in [0.05, 0.1) is 0 Å². The normalized spacial score (nSPS) is 12.0. The highest BCUT2D eigenvalue weighted by Gasteiger charge is 2.20. The van der Waals surface area contributed by atoms with E-state index < -0.39 is 7.25 Å². The van der Waals surface area contributed by atoms with Gasteiger partial charge in [0.25, 0.3) is 0 Å². The van der Waals surface area contributed by atoms with Gasteiger partial charge >= 0.3 is 7.25 Å². The fourth-order valence-electron chi connectivity index (χ4n) is 0. The number of hydrogen-bond acceptors (Lipinski definition) is 0. The van der Waals surface area contributed by atoms with Gasteiger partial charge in [-0.15, -0.1) is 0 Å². The lowest BCUT2D eigenvalue weighted by Crippen LogP contribution is -2.02. The summed E-state index contributed by atoms with van der Waals surface area (Å²) in [5.41, 5.74) is 0. The van der Waals surface area contributed by atoms with Crippen LogP contribution < -0.4 is 0 Å². The lowest BCUT2D eigenvalue weighted by atomic mass is 10.3. The molecule has 64 valence electrons. The third kappa shape index (κ3) is 9260. The van der Waals surface area contributed by atoms with Crippen LogP contribution in [0.1, 0.15) is 0 Å². The molecule has 0 aromatic rings. The molecule has 0 aliphatic carbocycles. The third-order valence-corrected chi connectivity index (χ3v) is 0. The van der Waals surface area contributed by atoms with Crippen molar-refractivity contribution >= 4 is 14.5 Å². The van der Waals surface area contributed by atoms with Gasteiger partial charge in [-0.25, -0.2) is 0 Å². The summed E-state index contributed by atoms with van der Waals surface area (Å²) in [7, 11) is -6.39. The van der Waals surface area contributed by atoms with E-state index >= 15 is 0 Å². The topological polar surface area (TPSA) is 0 Å². The summed E-state index contributed by atoms with van der Waals surface area (Å²) >= 11 is 0. The molecule has 0 radical (unpaired) electrons. The molecule has 0 nitrogen and oxygen atoms in total. The molecule has 6 heteroatoms. The second-order valence-electron chi connectivity index (χ2n) is 3.18. The highest BCUT2D eigenvalue weighted by atomic mass is 31.2. The van der Waals surface area contributed by atoms with E-state index in [9.17, 15) is 17.3 Å². The Morgan fingerprint density at radius 3 is 0.800 bits per heavy atom. The third-order valence-electron chi connectivity index (χ3n) is 0. The van der Waals surface area contributed by atoms with Crippen molar-refractivity contribution in [2.75, 3.05) is 26.7 Å². The maximum absolute atomic E-state index is 9.75. The Labute approximate surface area is 59.4 Å². The maximum Gasteiger partial charge on any atom is 0.673 e. The molecule has 0 bridgehead atoms. The first-order chi connectivity index (χ1) is 4.00. The minimum atomic E-state index is -6.00. The van der Waals surface area contributed by atoms with Crippen molar-refractivity contribution < 1.29 is 17.3 Å². The van der Waals surface area contributed by atoms with Crippen LogP contribution in [0.2, 0.25) is 0 Å².